The molecule has 0 fully saturated rings. The number of amides is 1. The Morgan fingerprint density at radius 1 is 1.38 bits per heavy atom. The highest BCUT2D eigenvalue weighted by atomic mass is 16.6. The van der Waals surface area contributed by atoms with Crippen molar-refractivity contribution in [2.45, 2.75) is 13.8 Å². The van der Waals surface area contributed by atoms with E-state index in [0.717, 1.165) is 0 Å². The van der Waals surface area contributed by atoms with Gasteiger partial charge in [-0.15, -0.1) is 0 Å². The molecule has 126 valence electrons. The average molecular weight is 332 g/mol. The number of benzene rings is 1. The summed E-state index contributed by atoms with van der Waals surface area (Å²) in [6, 6.07) is 5.72. The molecule has 0 aliphatic carbocycles. The first-order valence-corrected chi connectivity index (χ1v) is 7.11. The number of hydrogen-bond donors (Lipinski definition) is 1. The molecule has 9 heteroatoms. The number of ether oxygens (including phenoxy) is 1. The van der Waals surface area contributed by atoms with Gasteiger partial charge in [-0.1, -0.05) is 6.07 Å². The zero-order valence-electron chi connectivity index (χ0n) is 13.4. The van der Waals surface area contributed by atoms with Gasteiger partial charge in [-0.3, -0.25) is 19.6 Å². The van der Waals surface area contributed by atoms with Crippen LogP contribution in [0, 0.1) is 17.0 Å². The lowest BCUT2D eigenvalue weighted by Gasteiger charge is -2.05. The third-order valence-electron chi connectivity index (χ3n) is 3.20. The monoisotopic (exact) mass is 332 g/mol. The molecule has 0 atom stereocenters. The molecule has 24 heavy (non-hydrogen) atoms. The van der Waals surface area contributed by atoms with Crippen LogP contribution in [-0.4, -0.2) is 33.2 Å². The van der Waals surface area contributed by atoms with Crippen molar-refractivity contribution in [3.63, 3.8) is 0 Å². The fraction of sp³-hybridized carbons (Fsp3) is 0.267. The van der Waals surface area contributed by atoms with Crippen LogP contribution >= 0.6 is 0 Å². The van der Waals surface area contributed by atoms with Gasteiger partial charge in [-0.05, 0) is 25.5 Å². The van der Waals surface area contributed by atoms with Gasteiger partial charge in [-0.2, -0.15) is 5.10 Å². The van der Waals surface area contributed by atoms with Crippen LogP contribution in [0.2, 0.25) is 0 Å². The summed E-state index contributed by atoms with van der Waals surface area (Å²) in [6.45, 7) is 3.57. The Kier molecular flexibility index (Phi) is 4.93. The number of carbonyl (C=O) groups excluding carboxylic acids is 2. The summed E-state index contributed by atoms with van der Waals surface area (Å²) in [7, 11) is 1.50. The summed E-state index contributed by atoms with van der Waals surface area (Å²) in [6.07, 6.45) is 0. The van der Waals surface area contributed by atoms with Crippen molar-refractivity contribution in [3.8, 4) is 0 Å². The minimum Gasteiger partial charge on any atom is -0.461 e. The fourth-order valence-corrected chi connectivity index (χ4v) is 2.06. The van der Waals surface area contributed by atoms with Crippen molar-refractivity contribution in [1.29, 1.82) is 0 Å². The molecule has 1 aromatic heterocycles. The van der Waals surface area contributed by atoms with E-state index in [9.17, 15) is 19.7 Å². The van der Waals surface area contributed by atoms with Gasteiger partial charge < -0.3 is 10.1 Å². The average Bonchev–Trinajstić information content (AvgIpc) is 2.91. The van der Waals surface area contributed by atoms with Crippen LogP contribution in [0.4, 0.5) is 11.4 Å². The second-order valence-electron chi connectivity index (χ2n) is 4.99. The van der Waals surface area contributed by atoms with Crippen LogP contribution in [0.25, 0.3) is 0 Å². The first kappa shape index (κ1) is 17.1. The summed E-state index contributed by atoms with van der Waals surface area (Å²) in [4.78, 5) is 34.5. The Hall–Kier alpha value is -3.23. The van der Waals surface area contributed by atoms with E-state index < -0.39 is 16.8 Å². The number of nitro groups is 1. The first-order valence-electron chi connectivity index (χ1n) is 7.11. The van der Waals surface area contributed by atoms with Crippen LogP contribution in [0.3, 0.4) is 0 Å². The highest BCUT2D eigenvalue weighted by Crippen LogP contribution is 2.25. The van der Waals surface area contributed by atoms with E-state index in [1.54, 1.807) is 19.9 Å². The number of nitrogens with one attached hydrogen (secondary N) is 1. The van der Waals surface area contributed by atoms with Crippen molar-refractivity contribution < 1.29 is 19.2 Å². The van der Waals surface area contributed by atoms with Crippen LogP contribution in [0.1, 0.15) is 33.5 Å². The number of aryl methyl sites for hydroxylation is 2. The third kappa shape index (κ3) is 3.57. The summed E-state index contributed by atoms with van der Waals surface area (Å²) in [5.41, 5.74) is 0.599. The molecule has 9 nitrogen and oxygen atoms in total. The molecule has 0 aliphatic rings. The molecule has 2 aromatic rings. The van der Waals surface area contributed by atoms with E-state index in [0.29, 0.717) is 5.56 Å². The number of rotatable bonds is 5. The number of carbonyl (C=O) groups is 2. The number of aromatic nitrogens is 2. The van der Waals surface area contributed by atoms with Crippen molar-refractivity contribution >= 4 is 23.3 Å². The van der Waals surface area contributed by atoms with Crippen LogP contribution < -0.4 is 5.32 Å². The molecule has 0 radical (unpaired) electrons. The lowest BCUT2D eigenvalue weighted by molar-refractivity contribution is -0.384. The van der Waals surface area contributed by atoms with Gasteiger partial charge in [0.1, 0.15) is 11.4 Å². The highest BCUT2D eigenvalue weighted by molar-refractivity contribution is 6.05. The Bertz CT molecular complexity index is 812. The molecule has 0 bridgehead atoms. The van der Waals surface area contributed by atoms with Gasteiger partial charge >= 0.3 is 5.97 Å². The second-order valence-corrected chi connectivity index (χ2v) is 4.99. The molecule has 0 saturated heterocycles. The molecule has 1 N–H and O–H groups in total. The molecule has 0 unspecified atom stereocenters. The quantitative estimate of drug-likeness (QED) is 0.509. The van der Waals surface area contributed by atoms with Crippen LogP contribution in [0.15, 0.2) is 24.3 Å². The molecule has 0 spiro atoms. The Morgan fingerprint density at radius 3 is 2.71 bits per heavy atom. The van der Waals surface area contributed by atoms with Gasteiger partial charge in [0.25, 0.3) is 11.6 Å². The summed E-state index contributed by atoms with van der Waals surface area (Å²) >= 11 is 0. The predicted octanol–water partition coefficient (Wildman–Crippen LogP) is 2.07. The Morgan fingerprint density at radius 2 is 2.08 bits per heavy atom. The smallest absolute Gasteiger partial charge is 0.356 e. The van der Waals surface area contributed by atoms with Gasteiger partial charge in [0, 0.05) is 19.2 Å². The number of anilines is 1. The van der Waals surface area contributed by atoms with Crippen molar-refractivity contribution in [2.75, 3.05) is 11.9 Å². The zero-order valence-corrected chi connectivity index (χ0v) is 13.4. The Balaban J connectivity index is 2.27. The molecule has 1 aromatic carbocycles. The zero-order chi connectivity index (χ0) is 17.9. The van der Waals surface area contributed by atoms with Crippen molar-refractivity contribution in [2.24, 2.45) is 7.05 Å². The number of nitrogens with zero attached hydrogens (tertiary/aromatic N) is 3. The normalized spacial score (nSPS) is 10.3. The van der Waals surface area contributed by atoms with Gasteiger partial charge in [-0.25, -0.2) is 4.79 Å². The van der Waals surface area contributed by atoms with E-state index in [1.165, 1.54) is 29.9 Å². The van der Waals surface area contributed by atoms with E-state index in [4.69, 9.17) is 4.74 Å². The molecule has 1 amide bonds. The first-order chi connectivity index (χ1) is 11.3. The molecule has 1 heterocycles. The maximum atomic E-state index is 12.3. The topological polar surface area (TPSA) is 116 Å². The Labute approximate surface area is 137 Å². The molecular formula is C15H16N4O5. The van der Waals surface area contributed by atoms with Crippen molar-refractivity contribution in [3.05, 3.63) is 51.3 Å². The van der Waals surface area contributed by atoms with Gasteiger partial charge in [0.15, 0.2) is 5.69 Å². The summed E-state index contributed by atoms with van der Waals surface area (Å²) in [5.74, 6) is -1.26. The second kappa shape index (κ2) is 6.90. The number of hydrogen-bond acceptors (Lipinski definition) is 6. The number of esters is 1. The minimum atomic E-state index is -0.659. The highest BCUT2D eigenvalue weighted by Gasteiger charge is 2.21. The minimum absolute atomic E-state index is 0.0459. The standard InChI is InChI=1S/C15H16N4O5/c1-4-24-15(21)13-8-11(17-18(13)3)14(20)16-10-6-5-9(2)7-12(10)19(22)23/h5-8H,4H2,1-3H3,(H,16,20). The third-order valence-corrected chi connectivity index (χ3v) is 3.20. The van der Waals surface area contributed by atoms with Crippen LogP contribution in [0.5, 0.6) is 0 Å². The maximum absolute atomic E-state index is 12.3. The van der Waals surface area contributed by atoms with Gasteiger partial charge in [0.2, 0.25) is 0 Å². The fourth-order valence-electron chi connectivity index (χ4n) is 2.06. The molecule has 0 saturated carbocycles. The summed E-state index contributed by atoms with van der Waals surface area (Å²) < 4.78 is 6.08. The lowest BCUT2D eigenvalue weighted by atomic mass is 10.2. The molecule has 2 rings (SSSR count). The lowest BCUT2D eigenvalue weighted by Crippen LogP contribution is -2.14. The summed E-state index contributed by atoms with van der Waals surface area (Å²) in [5, 5.41) is 17.5. The number of nitro benzene ring substituents is 1. The predicted molar refractivity (Wildman–Crippen MR) is 85.0 cm³/mol. The van der Waals surface area contributed by atoms with Gasteiger partial charge in [0.05, 0.1) is 11.5 Å². The van der Waals surface area contributed by atoms with E-state index in [-0.39, 0.29) is 29.4 Å². The largest absolute Gasteiger partial charge is 0.461 e. The molecular weight excluding hydrogens is 316 g/mol. The van der Waals surface area contributed by atoms with E-state index in [2.05, 4.69) is 10.4 Å². The van der Waals surface area contributed by atoms with E-state index in [1.807, 2.05) is 0 Å². The van der Waals surface area contributed by atoms with Crippen LogP contribution in [-0.2, 0) is 11.8 Å². The SMILES string of the molecule is CCOC(=O)c1cc(C(=O)Nc2ccc(C)cc2[N+](=O)[O-])nn1C. The maximum Gasteiger partial charge on any atom is 0.356 e. The van der Waals surface area contributed by atoms with E-state index >= 15 is 0 Å². The van der Waals surface area contributed by atoms with Crippen molar-refractivity contribution in [1.82, 2.24) is 9.78 Å². The molecule has 0 aliphatic heterocycles.